The summed E-state index contributed by atoms with van der Waals surface area (Å²) in [6, 6.07) is 9.71. The molecule has 1 saturated carbocycles. The summed E-state index contributed by atoms with van der Waals surface area (Å²) < 4.78 is 13.2. The molecule has 3 aliphatic rings. The van der Waals surface area contributed by atoms with E-state index in [-0.39, 0.29) is 28.6 Å². The molecular formula is C30H34O4. The van der Waals surface area contributed by atoms with Crippen molar-refractivity contribution in [1.29, 1.82) is 0 Å². The lowest BCUT2D eigenvalue weighted by Crippen LogP contribution is -2.54. The maximum atomic E-state index is 13.6. The quantitative estimate of drug-likeness (QED) is 0.298. The SMILES string of the molecule is CC(C)=CCc1c(O)c(C(=O)/C=C/c2ccccc2)c2c3c1OC1(C)CCC(C3C1)C(C)(C)O2. The van der Waals surface area contributed by atoms with Crippen molar-refractivity contribution in [3.8, 4) is 17.2 Å². The molecule has 2 aromatic rings. The van der Waals surface area contributed by atoms with Gasteiger partial charge in [0.15, 0.2) is 5.78 Å². The molecule has 3 unspecified atom stereocenters. The molecule has 4 heteroatoms. The highest BCUT2D eigenvalue weighted by molar-refractivity contribution is 6.11. The summed E-state index contributed by atoms with van der Waals surface area (Å²) in [5, 5.41) is 11.5. The fraction of sp³-hybridized carbons (Fsp3) is 0.433. The van der Waals surface area contributed by atoms with Crippen LogP contribution in [0.15, 0.2) is 48.1 Å². The molecule has 4 nitrogen and oxygen atoms in total. The summed E-state index contributed by atoms with van der Waals surface area (Å²) in [7, 11) is 0. The first-order valence-corrected chi connectivity index (χ1v) is 12.3. The van der Waals surface area contributed by atoms with Gasteiger partial charge in [-0.15, -0.1) is 0 Å². The molecule has 0 amide bonds. The summed E-state index contributed by atoms with van der Waals surface area (Å²) in [6.07, 6.45) is 8.80. The van der Waals surface area contributed by atoms with E-state index >= 15 is 0 Å². The zero-order chi connectivity index (χ0) is 24.3. The van der Waals surface area contributed by atoms with Crippen LogP contribution in [0.4, 0.5) is 0 Å². The number of aromatic hydroxyl groups is 1. The van der Waals surface area contributed by atoms with E-state index in [1.807, 2.05) is 44.2 Å². The smallest absolute Gasteiger partial charge is 0.193 e. The van der Waals surface area contributed by atoms with Crippen LogP contribution >= 0.6 is 0 Å². The van der Waals surface area contributed by atoms with Gasteiger partial charge in [-0.3, -0.25) is 4.79 Å². The predicted molar refractivity (Wildman–Crippen MR) is 135 cm³/mol. The summed E-state index contributed by atoms with van der Waals surface area (Å²) in [5.74, 6) is 1.55. The van der Waals surface area contributed by atoms with Crippen molar-refractivity contribution in [2.45, 2.75) is 77.4 Å². The number of hydrogen-bond acceptors (Lipinski definition) is 4. The topological polar surface area (TPSA) is 55.8 Å². The van der Waals surface area contributed by atoms with Crippen molar-refractivity contribution in [1.82, 2.24) is 0 Å². The minimum absolute atomic E-state index is 0.0215. The molecular weight excluding hydrogens is 424 g/mol. The summed E-state index contributed by atoms with van der Waals surface area (Å²) in [4.78, 5) is 13.6. The molecule has 178 valence electrons. The van der Waals surface area contributed by atoms with E-state index < -0.39 is 5.60 Å². The fourth-order valence-corrected chi connectivity index (χ4v) is 6.05. The van der Waals surface area contributed by atoms with Crippen molar-refractivity contribution in [2.75, 3.05) is 0 Å². The third-order valence-corrected chi connectivity index (χ3v) is 7.80. The molecule has 34 heavy (non-hydrogen) atoms. The number of rotatable bonds is 5. The normalized spacial score (nSPS) is 25.9. The van der Waals surface area contributed by atoms with Crippen LogP contribution in [0.2, 0.25) is 0 Å². The molecule has 1 fully saturated rings. The minimum atomic E-state index is -0.431. The monoisotopic (exact) mass is 458 g/mol. The highest BCUT2D eigenvalue weighted by atomic mass is 16.5. The molecule has 0 spiro atoms. The molecule has 5 rings (SSSR count). The van der Waals surface area contributed by atoms with Crippen LogP contribution < -0.4 is 9.47 Å². The van der Waals surface area contributed by atoms with Crippen molar-refractivity contribution in [3.63, 3.8) is 0 Å². The molecule has 0 aromatic heterocycles. The Hall–Kier alpha value is -3.01. The van der Waals surface area contributed by atoms with Crippen LogP contribution in [0.3, 0.4) is 0 Å². The maximum absolute atomic E-state index is 13.6. The second-order valence-corrected chi connectivity index (χ2v) is 11.1. The molecule has 2 aliphatic heterocycles. The van der Waals surface area contributed by atoms with Gasteiger partial charge in [-0.05, 0) is 71.9 Å². The number of hydrogen-bond donors (Lipinski definition) is 1. The fourth-order valence-electron chi connectivity index (χ4n) is 6.05. The first-order chi connectivity index (χ1) is 16.1. The Labute approximate surface area is 202 Å². The lowest BCUT2D eigenvalue weighted by atomic mass is 9.61. The van der Waals surface area contributed by atoms with Gasteiger partial charge in [-0.2, -0.15) is 0 Å². The van der Waals surface area contributed by atoms with Crippen molar-refractivity contribution in [3.05, 3.63) is 70.3 Å². The van der Waals surface area contributed by atoms with Gasteiger partial charge in [-0.1, -0.05) is 48.1 Å². The molecule has 1 aliphatic carbocycles. The number of ketones is 1. The Balaban J connectivity index is 1.72. The molecule has 2 bridgehead atoms. The lowest BCUT2D eigenvalue weighted by molar-refractivity contribution is -0.0735. The highest BCUT2D eigenvalue weighted by Gasteiger charge is 2.55. The molecule has 2 heterocycles. The molecule has 0 radical (unpaired) electrons. The Morgan fingerprint density at radius 3 is 2.56 bits per heavy atom. The third-order valence-electron chi connectivity index (χ3n) is 7.80. The van der Waals surface area contributed by atoms with E-state index in [0.29, 0.717) is 23.7 Å². The predicted octanol–water partition coefficient (Wildman–Crippen LogP) is 7.00. The zero-order valence-corrected chi connectivity index (χ0v) is 20.8. The van der Waals surface area contributed by atoms with Gasteiger partial charge in [0.05, 0.1) is 0 Å². The number of fused-ring (bicyclic) bond motifs is 1. The van der Waals surface area contributed by atoms with Crippen molar-refractivity contribution < 1.29 is 19.4 Å². The van der Waals surface area contributed by atoms with Crippen LogP contribution in [0.25, 0.3) is 6.08 Å². The van der Waals surface area contributed by atoms with Crippen LogP contribution in [0.1, 0.15) is 86.8 Å². The van der Waals surface area contributed by atoms with Gasteiger partial charge in [0, 0.05) is 23.0 Å². The number of ether oxygens (including phenoxy) is 2. The average molecular weight is 459 g/mol. The van der Waals surface area contributed by atoms with Crippen LogP contribution in [-0.2, 0) is 6.42 Å². The Morgan fingerprint density at radius 1 is 1.12 bits per heavy atom. The summed E-state index contributed by atoms with van der Waals surface area (Å²) in [6.45, 7) is 10.5. The van der Waals surface area contributed by atoms with E-state index in [4.69, 9.17) is 9.47 Å². The van der Waals surface area contributed by atoms with E-state index in [1.165, 1.54) is 6.08 Å². The first kappa shape index (κ1) is 22.8. The number of benzene rings is 2. The van der Waals surface area contributed by atoms with Gasteiger partial charge in [-0.25, -0.2) is 0 Å². The van der Waals surface area contributed by atoms with E-state index in [0.717, 1.165) is 41.7 Å². The largest absolute Gasteiger partial charge is 0.507 e. The number of phenolic OH excluding ortho intramolecular Hbond substituents is 1. The van der Waals surface area contributed by atoms with Crippen molar-refractivity contribution in [2.24, 2.45) is 5.92 Å². The van der Waals surface area contributed by atoms with Gasteiger partial charge in [0.25, 0.3) is 0 Å². The van der Waals surface area contributed by atoms with Crippen LogP contribution in [0.5, 0.6) is 17.2 Å². The minimum Gasteiger partial charge on any atom is -0.507 e. The van der Waals surface area contributed by atoms with Gasteiger partial charge in [0.2, 0.25) is 0 Å². The summed E-state index contributed by atoms with van der Waals surface area (Å²) in [5.41, 5.74) is 3.32. The van der Waals surface area contributed by atoms with Crippen molar-refractivity contribution >= 4 is 11.9 Å². The maximum Gasteiger partial charge on any atom is 0.193 e. The number of allylic oxidation sites excluding steroid dienone is 3. The Morgan fingerprint density at radius 2 is 1.85 bits per heavy atom. The zero-order valence-electron chi connectivity index (χ0n) is 20.8. The molecule has 3 atom stereocenters. The highest BCUT2D eigenvalue weighted by Crippen LogP contribution is 2.63. The third kappa shape index (κ3) is 3.73. The second-order valence-electron chi connectivity index (χ2n) is 11.1. The molecule has 1 N–H and O–H groups in total. The Bertz CT molecular complexity index is 1200. The lowest BCUT2D eigenvalue weighted by Gasteiger charge is -2.55. The van der Waals surface area contributed by atoms with E-state index in [2.05, 4.69) is 26.8 Å². The van der Waals surface area contributed by atoms with Crippen LogP contribution in [-0.4, -0.2) is 22.1 Å². The number of phenols is 1. The Kier molecular flexibility index (Phi) is 5.38. The molecule has 0 saturated heterocycles. The summed E-state index contributed by atoms with van der Waals surface area (Å²) >= 11 is 0. The van der Waals surface area contributed by atoms with Crippen LogP contribution in [0, 0.1) is 5.92 Å². The van der Waals surface area contributed by atoms with Gasteiger partial charge >= 0.3 is 0 Å². The number of carbonyl (C=O) groups is 1. The first-order valence-electron chi connectivity index (χ1n) is 12.3. The molecule has 2 aromatic carbocycles. The number of carbonyl (C=O) groups excluding carboxylic acids is 1. The van der Waals surface area contributed by atoms with E-state index in [1.54, 1.807) is 6.08 Å². The van der Waals surface area contributed by atoms with E-state index in [9.17, 15) is 9.90 Å². The standard InChI is InChI=1S/C30H34O4/c1-18(2)11-13-20-26(32)25(23(31)14-12-19-9-7-6-8-10-19)28-24-21-17-30(5,34-27(20)24)16-15-22(21)29(3,4)33-28/h6-12,14,21-22,32H,13,15-17H2,1-5H3/b14-12+. The van der Waals surface area contributed by atoms with Gasteiger partial charge in [0.1, 0.15) is 34.0 Å². The average Bonchev–Trinajstić information content (AvgIpc) is 2.76. The van der Waals surface area contributed by atoms with Gasteiger partial charge < -0.3 is 14.6 Å². The second kappa shape index (κ2) is 8.04.